The van der Waals surface area contributed by atoms with Crippen molar-refractivity contribution in [2.45, 2.75) is 6.18 Å². The Morgan fingerprint density at radius 1 is 1.07 bits per heavy atom. The van der Waals surface area contributed by atoms with Gasteiger partial charge in [0.25, 0.3) is 5.91 Å². The van der Waals surface area contributed by atoms with Crippen molar-refractivity contribution < 1.29 is 18.0 Å². The lowest BCUT2D eigenvalue weighted by atomic mass is 10.00. The van der Waals surface area contributed by atoms with Crippen LogP contribution in [-0.4, -0.2) is 45.7 Å². The Balaban J connectivity index is 1.25. The van der Waals surface area contributed by atoms with Gasteiger partial charge >= 0.3 is 6.18 Å². The highest BCUT2D eigenvalue weighted by Gasteiger charge is 2.32. The van der Waals surface area contributed by atoms with Crippen LogP contribution < -0.4 is 10.2 Å². The number of nitrogens with zero attached hydrogens (tertiary/aromatic N) is 5. The maximum Gasteiger partial charge on any atom is 0.433 e. The summed E-state index contributed by atoms with van der Waals surface area (Å²) in [6, 6.07) is 9.43. The van der Waals surface area contributed by atoms with Gasteiger partial charge in [0.2, 0.25) is 0 Å². The van der Waals surface area contributed by atoms with E-state index in [9.17, 15) is 18.0 Å². The number of amides is 1. The summed E-state index contributed by atoms with van der Waals surface area (Å²) in [5.74, 6) is 0.525. The first-order valence-corrected chi connectivity index (χ1v) is 9.20. The van der Waals surface area contributed by atoms with E-state index >= 15 is 0 Å². The smallest absolute Gasteiger partial charge is 0.354 e. The van der Waals surface area contributed by atoms with Gasteiger partial charge in [-0.15, -0.1) is 10.2 Å². The van der Waals surface area contributed by atoms with E-state index in [0.717, 1.165) is 35.4 Å². The van der Waals surface area contributed by atoms with E-state index in [1.54, 1.807) is 12.4 Å². The van der Waals surface area contributed by atoms with Crippen molar-refractivity contribution in [1.29, 1.82) is 0 Å². The van der Waals surface area contributed by atoms with Crippen LogP contribution in [0.2, 0.25) is 0 Å². The van der Waals surface area contributed by atoms with E-state index in [4.69, 9.17) is 0 Å². The standard InChI is InChI=1S/C20H17F3N6O/c21-20(22,23)17-3-1-15(10-25-17)19(30)26-9-13-11-29(12-13)18-4-2-16(27-28-18)14-5-7-24-8-6-14/h1-8,10,13H,9,11-12H2,(H,26,30). The fourth-order valence-electron chi connectivity index (χ4n) is 3.09. The van der Waals surface area contributed by atoms with Crippen LogP contribution in [0.3, 0.4) is 0 Å². The van der Waals surface area contributed by atoms with Crippen LogP contribution in [0, 0.1) is 5.92 Å². The Morgan fingerprint density at radius 3 is 2.43 bits per heavy atom. The first-order valence-electron chi connectivity index (χ1n) is 9.20. The first-order chi connectivity index (χ1) is 14.4. The highest BCUT2D eigenvalue weighted by Crippen LogP contribution is 2.27. The molecule has 1 N–H and O–H groups in total. The molecule has 3 aromatic rings. The van der Waals surface area contributed by atoms with Gasteiger partial charge in [-0.1, -0.05) is 0 Å². The second-order valence-electron chi connectivity index (χ2n) is 6.92. The molecule has 0 aliphatic carbocycles. The number of carbonyl (C=O) groups is 1. The quantitative estimate of drug-likeness (QED) is 0.691. The van der Waals surface area contributed by atoms with Gasteiger partial charge in [0.05, 0.1) is 11.3 Å². The molecule has 1 amide bonds. The molecule has 1 saturated heterocycles. The molecule has 10 heteroatoms. The van der Waals surface area contributed by atoms with Crippen LogP contribution in [0.25, 0.3) is 11.3 Å². The van der Waals surface area contributed by atoms with E-state index < -0.39 is 17.8 Å². The highest BCUT2D eigenvalue weighted by molar-refractivity contribution is 5.93. The highest BCUT2D eigenvalue weighted by atomic mass is 19.4. The second kappa shape index (κ2) is 8.05. The van der Waals surface area contributed by atoms with Gasteiger partial charge < -0.3 is 10.2 Å². The van der Waals surface area contributed by atoms with E-state index in [-0.39, 0.29) is 11.5 Å². The molecule has 0 saturated carbocycles. The summed E-state index contributed by atoms with van der Waals surface area (Å²) < 4.78 is 37.6. The van der Waals surface area contributed by atoms with Gasteiger partial charge in [0.1, 0.15) is 5.69 Å². The average Bonchev–Trinajstić information content (AvgIpc) is 2.73. The summed E-state index contributed by atoms with van der Waals surface area (Å²) in [7, 11) is 0. The Bertz CT molecular complexity index is 1000. The Labute approximate surface area is 170 Å². The van der Waals surface area contributed by atoms with Crippen LogP contribution in [0.4, 0.5) is 19.0 Å². The van der Waals surface area contributed by atoms with Gasteiger partial charge in [-0.2, -0.15) is 13.2 Å². The summed E-state index contributed by atoms with van der Waals surface area (Å²) in [6.07, 6.45) is -0.199. The molecule has 30 heavy (non-hydrogen) atoms. The Hall–Kier alpha value is -3.56. The maximum absolute atomic E-state index is 12.5. The lowest BCUT2D eigenvalue weighted by molar-refractivity contribution is -0.141. The maximum atomic E-state index is 12.5. The molecule has 4 heterocycles. The van der Waals surface area contributed by atoms with Crippen molar-refractivity contribution in [3.63, 3.8) is 0 Å². The first kappa shape index (κ1) is 19.7. The van der Waals surface area contributed by atoms with Crippen molar-refractivity contribution in [2.75, 3.05) is 24.5 Å². The average molecular weight is 414 g/mol. The third kappa shape index (κ3) is 4.37. The summed E-state index contributed by atoms with van der Waals surface area (Å²) >= 11 is 0. The van der Waals surface area contributed by atoms with E-state index in [2.05, 4.69) is 25.5 Å². The van der Waals surface area contributed by atoms with Crippen LogP contribution >= 0.6 is 0 Å². The van der Waals surface area contributed by atoms with Crippen molar-refractivity contribution >= 4 is 11.7 Å². The van der Waals surface area contributed by atoms with Gasteiger partial charge in [-0.3, -0.25) is 14.8 Å². The number of anilines is 1. The Morgan fingerprint density at radius 2 is 1.83 bits per heavy atom. The topological polar surface area (TPSA) is 83.9 Å². The third-order valence-corrected chi connectivity index (χ3v) is 4.78. The molecule has 0 bridgehead atoms. The zero-order chi connectivity index (χ0) is 21.1. The molecule has 0 unspecified atom stereocenters. The zero-order valence-corrected chi connectivity index (χ0v) is 15.7. The molecule has 7 nitrogen and oxygen atoms in total. The number of aromatic nitrogens is 4. The predicted octanol–water partition coefficient (Wildman–Crippen LogP) is 2.82. The van der Waals surface area contributed by atoms with Gasteiger partial charge in [-0.05, 0) is 36.4 Å². The number of hydrogen-bond acceptors (Lipinski definition) is 6. The molecular weight excluding hydrogens is 397 g/mol. The summed E-state index contributed by atoms with van der Waals surface area (Å²) in [4.78, 5) is 21.4. The van der Waals surface area contributed by atoms with Crippen LogP contribution in [0.1, 0.15) is 16.1 Å². The largest absolute Gasteiger partial charge is 0.433 e. The summed E-state index contributed by atoms with van der Waals surface area (Å²) in [5, 5.41) is 11.2. The lowest BCUT2D eigenvalue weighted by Crippen LogP contribution is -2.51. The summed E-state index contributed by atoms with van der Waals surface area (Å²) in [5.41, 5.74) is 0.767. The molecule has 4 rings (SSSR count). The molecule has 1 aliphatic heterocycles. The van der Waals surface area contributed by atoms with E-state index in [1.165, 1.54) is 0 Å². The molecule has 3 aromatic heterocycles. The van der Waals surface area contributed by atoms with E-state index in [1.807, 2.05) is 29.2 Å². The SMILES string of the molecule is O=C(NCC1CN(c2ccc(-c3ccncc3)nn2)C1)c1ccc(C(F)(F)F)nc1. The molecule has 0 radical (unpaired) electrons. The summed E-state index contributed by atoms with van der Waals surface area (Å²) in [6.45, 7) is 1.82. The number of halogens is 3. The molecule has 0 atom stereocenters. The molecule has 0 spiro atoms. The zero-order valence-electron chi connectivity index (χ0n) is 15.7. The molecule has 154 valence electrons. The van der Waals surface area contributed by atoms with Gasteiger partial charge in [0, 0.05) is 49.7 Å². The van der Waals surface area contributed by atoms with Crippen LogP contribution in [0.5, 0.6) is 0 Å². The second-order valence-corrected chi connectivity index (χ2v) is 6.92. The van der Waals surface area contributed by atoms with E-state index in [0.29, 0.717) is 19.6 Å². The number of hydrogen-bond donors (Lipinski definition) is 1. The van der Waals surface area contributed by atoms with Gasteiger partial charge in [0.15, 0.2) is 5.82 Å². The minimum absolute atomic E-state index is 0.0942. The molecule has 1 fully saturated rings. The minimum Gasteiger partial charge on any atom is -0.354 e. The van der Waals surface area contributed by atoms with Crippen LogP contribution in [-0.2, 0) is 6.18 Å². The van der Waals surface area contributed by atoms with Crippen molar-refractivity contribution in [3.8, 4) is 11.3 Å². The molecular formula is C20H17F3N6O. The molecule has 0 aromatic carbocycles. The number of pyridine rings is 2. The van der Waals surface area contributed by atoms with Crippen molar-refractivity contribution in [1.82, 2.24) is 25.5 Å². The number of carbonyl (C=O) groups excluding carboxylic acids is 1. The van der Waals surface area contributed by atoms with Gasteiger partial charge in [-0.25, -0.2) is 0 Å². The van der Waals surface area contributed by atoms with Crippen molar-refractivity contribution in [2.24, 2.45) is 5.92 Å². The fraction of sp³-hybridized carbons (Fsp3) is 0.250. The monoisotopic (exact) mass is 414 g/mol. The predicted molar refractivity (Wildman–Crippen MR) is 103 cm³/mol. The number of nitrogens with one attached hydrogen (secondary N) is 1. The third-order valence-electron chi connectivity index (χ3n) is 4.78. The number of alkyl halides is 3. The lowest BCUT2D eigenvalue weighted by Gasteiger charge is -2.39. The number of rotatable bonds is 5. The van der Waals surface area contributed by atoms with Crippen molar-refractivity contribution in [3.05, 3.63) is 66.2 Å². The van der Waals surface area contributed by atoms with Crippen LogP contribution in [0.15, 0.2) is 55.0 Å². The minimum atomic E-state index is -4.52. The Kier molecular flexibility index (Phi) is 5.30. The normalized spacial score (nSPS) is 14.3. The fourth-order valence-corrected chi connectivity index (χ4v) is 3.09. The molecule has 1 aliphatic rings.